The standard InChI is InChI=1S/C28H19NO4/c1-33-28(30)24-16-22-23(17-25(24)29(31)32)27(19-12-6-3-7-13-19)21-15-9-8-14-20(21)26(22)18-10-4-2-5-11-18/h2-17H,1H3. The normalized spacial score (nSPS) is 10.9. The Hall–Kier alpha value is -4.51. The first-order chi connectivity index (χ1) is 16.1. The number of nitrogens with zero attached hydrogens (tertiary/aromatic N) is 1. The van der Waals surface area contributed by atoms with E-state index in [-0.39, 0.29) is 11.3 Å². The van der Waals surface area contributed by atoms with Crippen molar-refractivity contribution in [2.45, 2.75) is 0 Å². The lowest BCUT2D eigenvalue weighted by Gasteiger charge is -2.18. The third kappa shape index (κ3) is 3.40. The van der Waals surface area contributed by atoms with Gasteiger partial charge in [-0.25, -0.2) is 4.79 Å². The van der Waals surface area contributed by atoms with Gasteiger partial charge < -0.3 is 4.74 Å². The zero-order chi connectivity index (χ0) is 22.9. The SMILES string of the molecule is COC(=O)c1cc2c(-c3ccccc3)c3ccccc3c(-c3ccccc3)c2cc1[N+](=O)[O-]. The third-order valence-corrected chi connectivity index (χ3v) is 5.87. The fourth-order valence-electron chi connectivity index (χ4n) is 4.47. The molecule has 5 nitrogen and oxygen atoms in total. The van der Waals surface area contributed by atoms with Crippen LogP contribution < -0.4 is 0 Å². The molecule has 5 aromatic carbocycles. The highest BCUT2D eigenvalue weighted by atomic mass is 16.6. The Morgan fingerprint density at radius 2 is 1.15 bits per heavy atom. The highest BCUT2D eigenvalue weighted by molar-refractivity contribution is 6.22. The average Bonchev–Trinajstić information content (AvgIpc) is 2.86. The summed E-state index contributed by atoms with van der Waals surface area (Å²) in [6.45, 7) is 0. The van der Waals surface area contributed by atoms with Gasteiger partial charge in [0.05, 0.1) is 12.0 Å². The number of nitro groups is 1. The lowest BCUT2D eigenvalue weighted by atomic mass is 9.85. The number of benzene rings is 5. The zero-order valence-corrected chi connectivity index (χ0v) is 17.8. The molecule has 0 aliphatic carbocycles. The molecule has 0 heterocycles. The van der Waals surface area contributed by atoms with Gasteiger partial charge in [-0.1, -0.05) is 84.9 Å². The molecular formula is C28H19NO4. The molecule has 0 bridgehead atoms. The van der Waals surface area contributed by atoms with Gasteiger partial charge in [0.2, 0.25) is 0 Å². The van der Waals surface area contributed by atoms with Gasteiger partial charge >= 0.3 is 5.97 Å². The summed E-state index contributed by atoms with van der Waals surface area (Å²) in [7, 11) is 1.23. The van der Waals surface area contributed by atoms with Crippen molar-refractivity contribution in [3.8, 4) is 22.3 Å². The van der Waals surface area contributed by atoms with Crippen LogP contribution in [0.2, 0.25) is 0 Å². The van der Waals surface area contributed by atoms with E-state index in [0.29, 0.717) is 5.39 Å². The molecule has 0 fully saturated rings. The number of hydrogen-bond acceptors (Lipinski definition) is 4. The summed E-state index contributed by atoms with van der Waals surface area (Å²) >= 11 is 0. The van der Waals surface area contributed by atoms with Gasteiger partial charge in [-0.05, 0) is 49.9 Å². The topological polar surface area (TPSA) is 69.4 Å². The smallest absolute Gasteiger partial charge is 0.344 e. The zero-order valence-electron chi connectivity index (χ0n) is 17.8. The number of ether oxygens (including phenoxy) is 1. The number of fused-ring (bicyclic) bond motifs is 2. The van der Waals surface area contributed by atoms with E-state index in [9.17, 15) is 14.9 Å². The van der Waals surface area contributed by atoms with Crippen molar-refractivity contribution in [3.05, 3.63) is 113 Å². The van der Waals surface area contributed by atoms with E-state index >= 15 is 0 Å². The molecule has 0 unspecified atom stereocenters. The lowest BCUT2D eigenvalue weighted by molar-refractivity contribution is -0.385. The summed E-state index contributed by atoms with van der Waals surface area (Å²) in [5, 5.41) is 15.4. The monoisotopic (exact) mass is 433 g/mol. The predicted molar refractivity (Wildman–Crippen MR) is 130 cm³/mol. The molecule has 0 amide bonds. The molecule has 0 spiro atoms. The number of esters is 1. The highest BCUT2D eigenvalue weighted by Gasteiger charge is 2.26. The Labute approximate surface area is 190 Å². The molecule has 0 radical (unpaired) electrons. The van der Waals surface area contributed by atoms with E-state index < -0.39 is 10.9 Å². The summed E-state index contributed by atoms with van der Waals surface area (Å²) in [4.78, 5) is 23.9. The Bertz CT molecular complexity index is 1530. The van der Waals surface area contributed by atoms with Crippen molar-refractivity contribution in [1.82, 2.24) is 0 Å². The van der Waals surface area contributed by atoms with Crippen molar-refractivity contribution in [3.63, 3.8) is 0 Å². The molecule has 0 saturated heterocycles. The molecule has 5 aromatic rings. The van der Waals surface area contributed by atoms with E-state index in [2.05, 4.69) is 0 Å². The number of carbonyl (C=O) groups excluding carboxylic acids is 1. The largest absolute Gasteiger partial charge is 0.465 e. The Kier molecular flexibility index (Phi) is 5.07. The fraction of sp³-hybridized carbons (Fsp3) is 0.0357. The number of nitro benzene ring substituents is 1. The van der Waals surface area contributed by atoms with Crippen molar-refractivity contribution in [1.29, 1.82) is 0 Å². The summed E-state index contributed by atoms with van der Waals surface area (Å²) in [5.41, 5.74) is 3.37. The van der Waals surface area contributed by atoms with Crippen LogP contribution in [0.3, 0.4) is 0 Å². The van der Waals surface area contributed by atoms with Crippen LogP contribution in [0.1, 0.15) is 10.4 Å². The van der Waals surface area contributed by atoms with Crippen molar-refractivity contribution in [2.24, 2.45) is 0 Å². The first-order valence-corrected chi connectivity index (χ1v) is 10.5. The minimum Gasteiger partial charge on any atom is -0.465 e. The second-order valence-electron chi connectivity index (χ2n) is 7.69. The van der Waals surface area contributed by atoms with Crippen molar-refractivity contribution < 1.29 is 14.5 Å². The van der Waals surface area contributed by atoms with E-state index in [1.807, 2.05) is 84.9 Å². The molecule has 5 rings (SSSR count). The van der Waals surface area contributed by atoms with Gasteiger partial charge in [-0.15, -0.1) is 0 Å². The number of hydrogen-bond donors (Lipinski definition) is 0. The quantitative estimate of drug-likeness (QED) is 0.132. The van der Waals surface area contributed by atoms with Gasteiger partial charge in [-0.2, -0.15) is 0 Å². The van der Waals surface area contributed by atoms with Crippen LogP contribution in [0.4, 0.5) is 5.69 Å². The van der Waals surface area contributed by atoms with Crippen LogP contribution >= 0.6 is 0 Å². The van der Waals surface area contributed by atoms with Crippen LogP contribution in [0.25, 0.3) is 43.8 Å². The first kappa shape index (κ1) is 20.4. The second kappa shape index (κ2) is 8.20. The first-order valence-electron chi connectivity index (χ1n) is 10.5. The highest BCUT2D eigenvalue weighted by Crippen LogP contribution is 2.45. The van der Waals surface area contributed by atoms with Crippen molar-refractivity contribution in [2.75, 3.05) is 7.11 Å². The summed E-state index contributed by atoms with van der Waals surface area (Å²) in [6.07, 6.45) is 0. The fourth-order valence-corrected chi connectivity index (χ4v) is 4.47. The summed E-state index contributed by atoms with van der Waals surface area (Å²) in [5.74, 6) is -0.739. The van der Waals surface area contributed by atoms with E-state index in [4.69, 9.17) is 4.74 Å². The molecule has 5 heteroatoms. The summed E-state index contributed by atoms with van der Waals surface area (Å²) < 4.78 is 4.88. The number of rotatable bonds is 4. The molecular weight excluding hydrogens is 414 g/mol. The maximum Gasteiger partial charge on any atom is 0.344 e. The van der Waals surface area contributed by atoms with Gasteiger partial charge in [0.25, 0.3) is 5.69 Å². The van der Waals surface area contributed by atoms with Gasteiger partial charge in [0.1, 0.15) is 5.56 Å². The Balaban J connectivity index is 2.06. The van der Waals surface area contributed by atoms with Gasteiger partial charge in [0, 0.05) is 6.07 Å². The molecule has 0 aliphatic heterocycles. The summed E-state index contributed by atoms with van der Waals surface area (Å²) in [6, 6.07) is 30.8. The van der Waals surface area contributed by atoms with Gasteiger partial charge in [-0.3, -0.25) is 10.1 Å². The van der Waals surface area contributed by atoms with E-state index in [1.54, 1.807) is 6.07 Å². The average molecular weight is 433 g/mol. The number of carbonyl (C=O) groups is 1. The lowest BCUT2D eigenvalue weighted by Crippen LogP contribution is -2.06. The minimum atomic E-state index is -0.739. The molecule has 160 valence electrons. The molecule has 0 saturated carbocycles. The van der Waals surface area contributed by atoms with E-state index in [1.165, 1.54) is 13.2 Å². The van der Waals surface area contributed by atoms with Crippen LogP contribution in [0, 0.1) is 10.1 Å². The Morgan fingerprint density at radius 3 is 1.61 bits per heavy atom. The second-order valence-corrected chi connectivity index (χ2v) is 7.69. The van der Waals surface area contributed by atoms with E-state index in [0.717, 1.165) is 38.4 Å². The molecule has 0 aliphatic rings. The molecule has 0 aromatic heterocycles. The van der Waals surface area contributed by atoms with Crippen LogP contribution in [-0.4, -0.2) is 18.0 Å². The van der Waals surface area contributed by atoms with Crippen LogP contribution in [0.15, 0.2) is 97.1 Å². The number of methoxy groups -OCH3 is 1. The third-order valence-electron chi connectivity index (χ3n) is 5.87. The maximum atomic E-state index is 12.5. The maximum absolute atomic E-state index is 12.5. The van der Waals surface area contributed by atoms with Crippen molar-refractivity contribution >= 4 is 33.2 Å². The molecule has 33 heavy (non-hydrogen) atoms. The molecule has 0 atom stereocenters. The van der Waals surface area contributed by atoms with Crippen LogP contribution in [-0.2, 0) is 4.74 Å². The van der Waals surface area contributed by atoms with Crippen LogP contribution in [0.5, 0.6) is 0 Å². The Morgan fingerprint density at radius 1 is 0.697 bits per heavy atom. The minimum absolute atomic E-state index is 0.0681. The van der Waals surface area contributed by atoms with Gasteiger partial charge in [0.15, 0.2) is 0 Å². The predicted octanol–water partition coefficient (Wildman–Crippen LogP) is 7.02. The molecule has 0 N–H and O–H groups in total.